The molecule has 0 saturated heterocycles. The van der Waals surface area contributed by atoms with Crippen molar-refractivity contribution in [3.8, 4) is 0 Å². The maximum atomic E-state index is 12.2. The Morgan fingerprint density at radius 3 is 2.35 bits per heavy atom. The van der Waals surface area contributed by atoms with Crippen molar-refractivity contribution < 1.29 is 9.59 Å². The predicted octanol–water partition coefficient (Wildman–Crippen LogP) is 1.54. The van der Waals surface area contributed by atoms with Gasteiger partial charge in [0.2, 0.25) is 5.91 Å². The van der Waals surface area contributed by atoms with Crippen LogP contribution in [0.4, 0.5) is 0 Å². The Bertz CT molecular complexity index is 490. The first-order valence-corrected chi connectivity index (χ1v) is 8.32. The van der Waals surface area contributed by atoms with Gasteiger partial charge >= 0.3 is 0 Å². The SMILES string of the molecule is CCCC(N)CCC(N)C(=O)C(C)NC(=O)Cc1ccccc1. The van der Waals surface area contributed by atoms with Crippen LogP contribution < -0.4 is 16.8 Å². The molecule has 0 heterocycles. The van der Waals surface area contributed by atoms with Crippen molar-refractivity contribution in [1.82, 2.24) is 5.32 Å². The van der Waals surface area contributed by atoms with E-state index in [1.165, 1.54) is 0 Å². The molecule has 128 valence electrons. The summed E-state index contributed by atoms with van der Waals surface area (Å²) in [4.78, 5) is 24.2. The molecule has 23 heavy (non-hydrogen) atoms. The predicted molar refractivity (Wildman–Crippen MR) is 92.9 cm³/mol. The highest BCUT2D eigenvalue weighted by Crippen LogP contribution is 2.06. The van der Waals surface area contributed by atoms with Crippen molar-refractivity contribution in [2.24, 2.45) is 11.5 Å². The van der Waals surface area contributed by atoms with Gasteiger partial charge in [0.15, 0.2) is 5.78 Å². The molecule has 0 aliphatic rings. The molecule has 3 atom stereocenters. The van der Waals surface area contributed by atoms with Gasteiger partial charge in [-0.1, -0.05) is 43.7 Å². The summed E-state index contributed by atoms with van der Waals surface area (Å²) < 4.78 is 0. The van der Waals surface area contributed by atoms with Crippen LogP contribution in [-0.4, -0.2) is 29.8 Å². The topological polar surface area (TPSA) is 98.2 Å². The molecule has 0 aromatic heterocycles. The molecule has 5 nitrogen and oxygen atoms in total. The third-order valence-corrected chi connectivity index (χ3v) is 3.89. The zero-order valence-corrected chi connectivity index (χ0v) is 14.1. The van der Waals surface area contributed by atoms with E-state index in [1.54, 1.807) is 6.92 Å². The number of Topliss-reactive ketones (excluding diaryl/α,β-unsaturated/α-hetero) is 1. The van der Waals surface area contributed by atoms with Crippen LogP contribution in [0.25, 0.3) is 0 Å². The lowest BCUT2D eigenvalue weighted by Crippen LogP contribution is -2.47. The lowest BCUT2D eigenvalue weighted by atomic mass is 9.98. The number of carbonyl (C=O) groups excluding carboxylic acids is 2. The summed E-state index contributed by atoms with van der Waals surface area (Å²) in [6.07, 6.45) is 3.50. The first-order chi connectivity index (χ1) is 10.9. The highest BCUT2D eigenvalue weighted by molar-refractivity contribution is 5.92. The molecule has 0 fully saturated rings. The average molecular weight is 319 g/mol. The fourth-order valence-corrected chi connectivity index (χ4v) is 2.52. The van der Waals surface area contributed by atoms with Gasteiger partial charge in [-0.3, -0.25) is 9.59 Å². The molecule has 1 rings (SSSR count). The van der Waals surface area contributed by atoms with Crippen molar-refractivity contribution in [2.75, 3.05) is 0 Å². The van der Waals surface area contributed by atoms with Gasteiger partial charge in [0.05, 0.1) is 18.5 Å². The standard InChI is InChI=1S/C18H29N3O2/c1-3-7-15(19)10-11-16(20)18(23)13(2)21-17(22)12-14-8-5-4-6-9-14/h4-6,8-9,13,15-16H,3,7,10-12,19-20H2,1-2H3,(H,21,22). The van der Waals surface area contributed by atoms with E-state index in [0.29, 0.717) is 6.42 Å². The van der Waals surface area contributed by atoms with E-state index < -0.39 is 12.1 Å². The largest absolute Gasteiger partial charge is 0.346 e. The third-order valence-electron chi connectivity index (χ3n) is 3.89. The van der Waals surface area contributed by atoms with Gasteiger partial charge in [-0.2, -0.15) is 0 Å². The van der Waals surface area contributed by atoms with Crippen LogP contribution in [0, 0.1) is 0 Å². The summed E-state index contributed by atoms with van der Waals surface area (Å²) >= 11 is 0. The van der Waals surface area contributed by atoms with Crippen LogP contribution in [0.1, 0.15) is 45.1 Å². The van der Waals surface area contributed by atoms with E-state index >= 15 is 0 Å². The molecule has 0 saturated carbocycles. The quantitative estimate of drug-likeness (QED) is 0.609. The second kappa shape index (κ2) is 10.1. The van der Waals surface area contributed by atoms with Gasteiger partial charge < -0.3 is 16.8 Å². The molecule has 1 amide bonds. The molecule has 0 spiro atoms. The maximum absolute atomic E-state index is 12.2. The first-order valence-electron chi connectivity index (χ1n) is 8.32. The Morgan fingerprint density at radius 1 is 1.09 bits per heavy atom. The van der Waals surface area contributed by atoms with E-state index in [2.05, 4.69) is 12.2 Å². The Kier molecular flexibility index (Phi) is 8.51. The number of nitrogens with one attached hydrogen (secondary N) is 1. The van der Waals surface area contributed by atoms with E-state index in [1.807, 2.05) is 30.3 Å². The molecule has 0 aliphatic heterocycles. The first kappa shape index (κ1) is 19.3. The number of hydrogen-bond donors (Lipinski definition) is 3. The number of carbonyl (C=O) groups is 2. The molecular weight excluding hydrogens is 290 g/mol. The third kappa shape index (κ3) is 7.39. The summed E-state index contributed by atoms with van der Waals surface area (Å²) in [6.45, 7) is 3.76. The van der Waals surface area contributed by atoms with E-state index in [9.17, 15) is 9.59 Å². The van der Waals surface area contributed by atoms with Crippen LogP contribution in [0.2, 0.25) is 0 Å². The van der Waals surface area contributed by atoms with Crippen molar-refractivity contribution in [1.29, 1.82) is 0 Å². The summed E-state index contributed by atoms with van der Waals surface area (Å²) in [5.74, 6) is -0.318. The highest BCUT2D eigenvalue weighted by atomic mass is 16.2. The number of rotatable bonds is 10. The van der Waals surface area contributed by atoms with Crippen molar-refractivity contribution >= 4 is 11.7 Å². The second-order valence-corrected chi connectivity index (χ2v) is 6.09. The van der Waals surface area contributed by atoms with Gasteiger partial charge in [-0.25, -0.2) is 0 Å². The minimum absolute atomic E-state index is 0.0850. The van der Waals surface area contributed by atoms with E-state index in [4.69, 9.17) is 11.5 Å². The number of ketones is 1. The molecule has 5 N–H and O–H groups in total. The van der Waals surface area contributed by atoms with Gasteiger partial charge in [-0.15, -0.1) is 0 Å². The van der Waals surface area contributed by atoms with E-state index in [-0.39, 0.29) is 24.2 Å². The van der Waals surface area contributed by atoms with E-state index in [0.717, 1.165) is 24.8 Å². The molecule has 0 radical (unpaired) electrons. The van der Waals surface area contributed by atoms with Crippen LogP contribution in [0.3, 0.4) is 0 Å². The lowest BCUT2D eigenvalue weighted by Gasteiger charge is -2.19. The molecular formula is C18H29N3O2. The van der Waals surface area contributed by atoms with Crippen LogP contribution in [-0.2, 0) is 16.0 Å². The van der Waals surface area contributed by atoms with Crippen LogP contribution in [0.5, 0.6) is 0 Å². The smallest absolute Gasteiger partial charge is 0.224 e. The zero-order chi connectivity index (χ0) is 17.2. The average Bonchev–Trinajstić information content (AvgIpc) is 2.52. The normalized spacial score (nSPS) is 14.8. The fourth-order valence-electron chi connectivity index (χ4n) is 2.52. The van der Waals surface area contributed by atoms with Crippen LogP contribution >= 0.6 is 0 Å². The fraction of sp³-hybridized carbons (Fsp3) is 0.556. The molecule has 0 bridgehead atoms. The van der Waals surface area contributed by atoms with Crippen molar-refractivity contribution in [3.05, 3.63) is 35.9 Å². The van der Waals surface area contributed by atoms with Gasteiger partial charge in [0, 0.05) is 6.04 Å². The van der Waals surface area contributed by atoms with Gasteiger partial charge in [0.1, 0.15) is 0 Å². The Morgan fingerprint density at radius 2 is 1.74 bits per heavy atom. The summed E-state index contributed by atoms with van der Waals surface area (Å²) in [5.41, 5.74) is 12.8. The van der Waals surface area contributed by atoms with Crippen molar-refractivity contribution in [3.63, 3.8) is 0 Å². The summed E-state index contributed by atoms with van der Waals surface area (Å²) in [5, 5.41) is 2.72. The lowest BCUT2D eigenvalue weighted by molar-refractivity contribution is -0.127. The molecule has 0 aliphatic carbocycles. The Labute approximate surface area is 138 Å². The second-order valence-electron chi connectivity index (χ2n) is 6.09. The Balaban J connectivity index is 2.38. The molecule has 3 unspecified atom stereocenters. The number of amides is 1. The minimum Gasteiger partial charge on any atom is -0.346 e. The number of benzene rings is 1. The maximum Gasteiger partial charge on any atom is 0.224 e. The Hall–Kier alpha value is -1.72. The summed E-state index contributed by atoms with van der Waals surface area (Å²) in [6, 6.07) is 8.35. The van der Waals surface area contributed by atoms with Gasteiger partial charge in [0.25, 0.3) is 0 Å². The highest BCUT2D eigenvalue weighted by Gasteiger charge is 2.22. The monoisotopic (exact) mass is 319 g/mol. The molecule has 5 heteroatoms. The number of nitrogens with two attached hydrogens (primary N) is 2. The minimum atomic E-state index is -0.580. The summed E-state index contributed by atoms with van der Waals surface area (Å²) in [7, 11) is 0. The van der Waals surface area contributed by atoms with Crippen LogP contribution in [0.15, 0.2) is 30.3 Å². The number of hydrogen-bond acceptors (Lipinski definition) is 4. The molecule has 1 aromatic rings. The zero-order valence-electron chi connectivity index (χ0n) is 14.1. The van der Waals surface area contributed by atoms with Gasteiger partial charge in [-0.05, 0) is 31.7 Å². The van der Waals surface area contributed by atoms with Crippen molar-refractivity contribution in [2.45, 2.75) is 64.1 Å². The molecule has 1 aromatic carbocycles.